The molecule has 10 nitrogen and oxygen atoms in total. The molecule has 0 heterocycles. The van der Waals surface area contributed by atoms with Gasteiger partial charge in [-0.2, -0.15) is 0 Å². The quantitative estimate of drug-likeness (QED) is 0.157. The molecule has 10 heteroatoms. The van der Waals surface area contributed by atoms with Gasteiger partial charge in [0.25, 0.3) is 11.8 Å². The highest BCUT2D eigenvalue weighted by molar-refractivity contribution is 5.96. The molecule has 1 rings (SSSR count). The van der Waals surface area contributed by atoms with Crippen LogP contribution in [-0.4, -0.2) is 61.2 Å². The maximum atomic E-state index is 13.0. The summed E-state index contributed by atoms with van der Waals surface area (Å²) in [6, 6.07) is 8.66. The third-order valence-corrected chi connectivity index (χ3v) is 4.78. The average molecular weight is 491 g/mol. The van der Waals surface area contributed by atoms with Gasteiger partial charge in [-0.1, -0.05) is 44.2 Å². The number of alkyl carbamates (subject to hydrolysis) is 1. The molecule has 0 aliphatic carbocycles. The molecule has 1 aromatic carbocycles. The van der Waals surface area contributed by atoms with E-state index in [0.717, 1.165) is 22.7 Å². The number of nitrogens with zero attached hydrogens (tertiary/aromatic N) is 1. The van der Waals surface area contributed by atoms with Crippen molar-refractivity contribution in [3.8, 4) is 0 Å². The lowest BCUT2D eigenvalue weighted by Gasteiger charge is -2.26. The summed E-state index contributed by atoms with van der Waals surface area (Å²) < 4.78 is 10.0. The van der Waals surface area contributed by atoms with Crippen LogP contribution in [0.1, 0.15) is 45.6 Å². The van der Waals surface area contributed by atoms with E-state index in [1.54, 1.807) is 6.92 Å². The number of hydrazine groups is 1. The highest BCUT2D eigenvalue weighted by Gasteiger charge is 2.25. The van der Waals surface area contributed by atoms with E-state index in [4.69, 9.17) is 15.2 Å². The summed E-state index contributed by atoms with van der Waals surface area (Å²) in [7, 11) is 0. The third kappa shape index (κ3) is 13.2. The second-order valence-corrected chi connectivity index (χ2v) is 8.25. The van der Waals surface area contributed by atoms with Gasteiger partial charge in [-0.15, -0.1) is 0 Å². The number of carbonyl (C=O) groups is 4. The molecule has 0 radical (unpaired) electrons. The molecule has 35 heavy (non-hydrogen) atoms. The number of rotatable bonds is 14. The summed E-state index contributed by atoms with van der Waals surface area (Å²) in [6.45, 7) is 6.43. The van der Waals surface area contributed by atoms with Crippen LogP contribution in [0.2, 0.25) is 0 Å². The first kappa shape index (κ1) is 29.6. The van der Waals surface area contributed by atoms with Crippen LogP contribution < -0.4 is 16.5 Å². The second-order valence-electron chi connectivity index (χ2n) is 8.25. The smallest absolute Gasteiger partial charge is 0.407 e. The Morgan fingerprint density at radius 2 is 1.77 bits per heavy atom. The SMILES string of the molecule is CCOC(=O)/C=C/C(=O)N(CCCCN)NC(=O)[C@H](CC(C)C)NC(=O)OCCc1ccccc1. The topological polar surface area (TPSA) is 140 Å². The Morgan fingerprint density at radius 3 is 2.40 bits per heavy atom. The number of nitrogens with one attached hydrogen (secondary N) is 2. The average Bonchev–Trinajstić information content (AvgIpc) is 2.82. The number of benzene rings is 1. The van der Waals surface area contributed by atoms with Gasteiger partial charge in [0, 0.05) is 25.1 Å². The molecule has 0 aliphatic heterocycles. The fraction of sp³-hybridized carbons (Fsp3) is 0.520. The number of carbonyl (C=O) groups excluding carboxylic acids is 4. The van der Waals surface area contributed by atoms with E-state index in [2.05, 4.69) is 10.7 Å². The minimum atomic E-state index is -0.918. The molecule has 194 valence electrons. The van der Waals surface area contributed by atoms with Crippen LogP contribution in [0.4, 0.5) is 4.79 Å². The zero-order valence-corrected chi connectivity index (χ0v) is 20.8. The first-order valence-corrected chi connectivity index (χ1v) is 11.9. The van der Waals surface area contributed by atoms with Crippen LogP contribution in [0.15, 0.2) is 42.5 Å². The van der Waals surface area contributed by atoms with Gasteiger partial charge < -0.3 is 20.5 Å². The fourth-order valence-electron chi connectivity index (χ4n) is 3.06. The first-order chi connectivity index (χ1) is 16.8. The molecule has 4 N–H and O–H groups in total. The zero-order chi connectivity index (χ0) is 26.1. The lowest BCUT2D eigenvalue weighted by atomic mass is 10.0. The van der Waals surface area contributed by atoms with Gasteiger partial charge in [-0.25, -0.2) is 9.59 Å². The van der Waals surface area contributed by atoms with Gasteiger partial charge in [0.05, 0.1) is 13.2 Å². The van der Waals surface area contributed by atoms with E-state index in [0.29, 0.717) is 32.2 Å². The summed E-state index contributed by atoms with van der Waals surface area (Å²) in [5.41, 5.74) is 9.11. The van der Waals surface area contributed by atoms with Crippen molar-refractivity contribution in [3.05, 3.63) is 48.0 Å². The van der Waals surface area contributed by atoms with Gasteiger partial charge in [0.1, 0.15) is 6.04 Å². The van der Waals surface area contributed by atoms with E-state index in [-0.39, 0.29) is 25.7 Å². The van der Waals surface area contributed by atoms with Crippen molar-refractivity contribution in [3.63, 3.8) is 0 Å². The summed E-state index contributed by atoms with van der Waals surface area (Å²) in [4.78, 5) is 49.4. The van der Waals surface area contributed by atoms with Crippen LogP contribution >= 0.6 is 0 Å². The fourth-order valence-corrected chi connectivity index (χ4v) is 3.06. The van der Waals surface area contributed by atoms with Crippen LogP contribution in [0.5, 0.6) is 0 Å². The zero-order valence-electron chi connectivity index (χ0n) is 20.8. The minimum absolute atomic E-state index is 0.0838. The van der Waals surface area contributed by atoms with Gasteiger partial charge in [0.2, 0.25) is 0 Å². The molecule has 3 amide bonds. The van der Waals surface area contributed by atoms with Gasteiger partial charge >= 0.3 is 12.1 Å². The van der Waals surface area contributed by atoms with E-state index < -0.39 is 29.9 Å². The second kappa shape index (κ2) is 17.1. The summed E-state index contributed by atoms with van der Waals surface area (Å²) in [6.07, 6.45) is 3.38. The number of hydrogen-bond acceptors (Lipinski definition) is 7. The largest absolute Gasteiger partial charge is 0.463 e. The highest BCUT2D eigenvalue weighted by atomic mass is 16.5. The van der Waals surface area contributed by atoms with E-state index in [1.807, 2.05) is 44.2 Å². The predicted octanol–water partition coefficient (Wildman–Crippen LogP) is 2.09. The van der Waals surface area contributed by atoms with Gasteiger partial charge in [-0.3, -0.25) is 20.0 Å². The first-order valence-electron chi connectivity index (χ1n) is 11.9. The number of nitrogens with two attached hydrogens (primary N) is 1. The predicted molar refractivity (Wildman–Crippen MR) is 132 cm³/mol. The van der Waals surface area contributed by atoms with E-state index >= 15 is 0 Å². The summed E-state index contributed by atoms with van der Waals surface area (Å²) >= 11 is 0. The Labute approximate surface area is 207 Å². The number of unbranched alkanes of at least 4 members (excludes halogenated alkanes) is 1. The molecule has 0 saturated heterocycles. The van der Waals surface area contributed by atoms with E-state index in [1.165, 1.54) is 0 Å². The molecule has 0 spiro atoms. The molecule has 0 fully saturated rings. The number of esters is 1. The lowest BCUT2D eigenvalue weighted by molar-refractivity contribution is -0.140. The molecule has 0 aliphatic rings. The Hall–Kier alpha value is -3.40. The molecule has 0 saturated carbocycles. The van der Waals surface area contributed by atoms with Crippen molar-refractivity contribution < 1.29 is 28.7 Å². The molecule has 0 bridgehead atoms. The number of ether oxygens (including phenoxy) is 2. The molecule has 0 aromatic heterocycles. The van der Waals surface area contributed by atoms with Crippen molar-refractivity contribution in [2.24, 2.45) is 11.7 Å². The van der Waals surface area contributed by atoms with Gasteiger partial charge in [0.15, 0.2) is 0 Å². The highest BCUT2D eigenvalue weighted by Crippen LogP contribution is 2.07. The minimum Gasteiger partial charge on any atom is -0.463 e. The van der Waals surface area contributed by atoms with Crippen LogP contribution in [-0.2, 0) is 30.3 Å². The van der Waals surface area contributed by atoms with Crippen LogP contribution in [0.3, 0.4) is 0 Å². The lowest BCUT2D eigenvalue weighted by Crippen LogP contribution is -2.54. The maximum Gasteiger partial charge on any atom is 0.407 e. The Bertz CT molecular complexity index is 829. The van der Waals surface area contributed by atoms with Crippen molar-refractivity contribution in [1.29, 1.82) is 0 Å². The molecular formula is C25H38N4O6. The van der Waals surface area contributed by atoms with Crippen molar-refractivity contribution in [2.75, 3.05) is 26.3 Å². The number of hydrogen-bond donors (Lipinski definition) is 3. The molecular weight excluding hydrogens is 452 g/mol. The van der Waals surface area contributed by atoms with Gasteiger partial charge in [-0.05, 0) is 44.2 Å². The van der Waals surface area contributed by atoms with Crippen molar-refractivity contribution in [1.82, 2.24) is 15.8 Å². The monoisotopic (exact) mass is 490 g/mol. The molecule has 1 aromatic rings. The Balaban J connectivity index is 2.77. The Kier molecular flexibility index (Phi) is 14.5. The molecule has 0 unspecified atom stereocenters. The maximum absolute atomic E-state index is 13.0. The molecule has 1 atom stereocenters. The number of amides is 3. The van der Waals surface area contributed by atoms with Crippen molar-refractivity contribution >= 4 is 23.9 Å². The van der Waals surface area contributed by atoms with Crippen LogP contribution in [0, 0.1) is 5.92 Å². The van der Waals surface area contributed by atoms with Crippen LogP contribution in [0.25, 0.3) is 0 Å². The normalized spacial score (nSPS) is 11.7. The van der Waals surface area contributed by atoms with E-state index in [9.17, 15) is 19.2 Å². The third-order valence-electron chi connectivity index (χ3n) is 4.78. The standard InChI is InChI=1S/C25H38N4O6/c1-4-34-23(31)13-12-22(30)29(16-9-8-15-26)28-24(32)21(18-19(2)3)27-25(33)35-17-14-20-10-6-5-7-11-20/h5-7,10-13,19,21H,4,8-9,14-18,26H2,1-3H3,(H,27,33)(H,28,32)/b13-12+/t21-/m0/s1. The Morgan fingerprint density at radius 1 is 1.06 bits per heavy atom. The summed E-state index contributed by atoms with van der Waals surface area (Å²) in [5.74, 6) is -1.74. The summed E-state index contributed by atoms with van der Waals surface area (Å²) in [5, 5.41) is 3.69. The van der Waals surface area contributed by atoms with Crippen molar-refractivity contribution in [2.45, 2.75) is 52.5 Å².